The van der Waals surface area contributed by atoms with E-state index in [1.807, 2.05) is 19.1 Å². The third-order valence-corrected chi connectivity index (χ3v) is 5.97. The molecule has 3 rings (SSSR count). The molecule has 1 saturated carbocycles. The highest BCUT2D eigenvalue weighted by atomic mass is 79.9. The van der Waals surface area contributed by atoms with Crippen molar-refractivity contribution in [3.05, 3.63) is 76.3 Å². The molecule has 124 valence electrons. The Hall–Kier alpha value is -1.87. The first-order valence-corrected chi connectivity index (χ1v) is 8.87. The molecule has 1 N–H and O–H groups in total. The van der Waals surface area contributed by atoms with Gasteiger partial charge in [0, 0.05) is 16.3 Å². The summed E-state index contributed by atoms with van der Waals surface area (Å²) in [5.74, 6) is 0.0112. The van der Waals surface area contributed by atoms with Gasteiger partial charge in [-0.05, 0) is 48.6 Å². The molecule has 0 spiro atoms. The number of phenolic OH excluding ortho intramolecular Hbond substituents is 1. The van der Waals surface area contributed by atoms with Crippen molar-refractivity contribution in [2.45, 2.75) is 26.2 Å². The fourth-order valence-electron chi connectivity index (χ4n) is 3.82. The van der Waals surface area contributed by atoms with Crippen LogP contribution in [-0.2, 0) is 0 Å². The van der Waals surface area contributed by atoms with E-state index in [1.54, 1.807) is 24.3 Å². The average Bonchev–Trinajstić information content (AvgIpc) is 2.54. The standard InChI is InChI=1S/C21H21BrO2/c1-13(2)21(3)12-17(19(21)14-8-10-15(22)11-9-14)20(24)16-6-4-5-7-18(16)23/h4-11,17,19,23H,1,12H2,2-3H3/t17-,19+,21-/m1/s1. The minimum atomic E-state index is -0.138. The lowest BCUT2D eigenvalue weighted by atomic mass is 9.49. The number of carbonyl (C=O) groups excluding carboxylic acids is 1. The maximum atomic E-state index is 13.0. The van der Waals surface area contributed by atoms with Crippen molar-refractivity contribution in [2.24, 2.45) is 11.3 Å². The second-order valence-corrected chi connectivity index (χ2v) is 7.83. The maximum Gasteiger partial charge on any atom is 0.170 e. The lowest BCUT2D eigenvalue weighted by molar-refractivity contribution is 0.0477. The van der Waals surface area contributed by atoms with Gasteiger partial charge in [0.05, 0.1) is 5.56 Å². The minimum absolute atomic E-state index is 0.0137. The zero-order valence-electron chi connectivity index (χ0n) is 13.9. The topological polar surface area (TPSA) is 37.3 Å². The van der Waals surface area contributed by atoms with Crippen molar-refractivity contribution in [2.75, 3.05) is 0 Å². The zero-order valence-corrected chi connectivity index (χ0v) is 15.5. The first-order valence-electron chi connectivity index (χ1n) is 8.08. The average molecular weight is 385 g/mol. The summed E-state index contributed by atoms with van der Waals surface area (Å²) in [5, 5.41) is 10.0. The van der Waals surface area contributed by atoms with Crippen LogP contribution in [0.15, 0.2) is 65.2 Å². The SMILES string of the molecule is C=C(C)[C@@]1(C)C[C@@H](C(=O)c2ccccc2O)[C@@H]1c1ccc(Br)cc1. The quantitative estimate of drug-likeness (QED) is 0.540. The molecule has 1 aliphatic rings. The summed E-state index contributed by atoms with van der Waals surface area (Å²) >= 11 is 3.46. The molecule has 0 aromatic heterocycles. The molecule has 2 aromatic carbocycles. The van der Waals surface area contributed by atoms with Crippen molar-refractivity contribution in [1.82, 2.24) is 0 Å². The van der Waals surface area contributed by atoms with Crippen LogP contribution in [0.5, 0.6) is 5.75 Å². The molecule has 0 aliphatic heterocycles. The predicted molar refractivity (Wildman–Crippen MR) is 100 cm³/mol. The highest BCUT2D eigenvalue weighted by molar-refractivity contribution is 9.10. The van der Waals surface area contributed by atoms with E-state index in [0.29, 0.717) is 5.56 Å². The predicted octanol–water partition coefficient (Wildman–Crippen LogP) is 5.72. The Morgan fingerprint density at radius 3 is 2.42 bits per heavy atom. The molecule has 0 heterocycles. The maximum absolute atomic E-state index is 13.0. The lowest BCUT2D eigenvalue weighted by Crippen LogP contribution is -2.48. The van der Waals surface area contributed by atoms with Gasteiger partial charge in [0.2, 0.25) is 0 Å². The van der Waals surface area contributed by atoms with E-state index in [0.717, 1.165) is 22.0 Å². The van der Waals surface area contributed by atoms with E-state index in [9.17, 15) is 9.90 Å². The number of allylic oxidation sites excluding steroid dienone is 1. The van der Waals surface area contributed by atoms with E-state index < -0.39 is 0 Å². The second kappa shape index (κ2) is 6.21. The van der Waals surface area contributed by atoms with E-state index in [4.69, 9.17) is 0 Å². The smallest absolute Gasteiger partial charge is 0.170 e. The van der Waals surface area contributed by atoms with Crippen molar-refractivity contribution >= 4 is 21.7 Å². The van der Waals surface area contributed by atoms with Crippen LogP contribution in [0.25, 0.3) is 0 Å². The minimum Gasteiger partial charge on any atom is -0.507 e. The summed E-state index contributed by atoms with van der Waals surface area (Å²) in [6.07, 6.45) is 0.760. The Morgan fingerprint density at radius 1 is 1.21 bits per heavy atom. The fraction of sp³-hybridized carbons (Fsp3) is 0.286. The first-order chi connectivity index (χ1) is 11.3. The molecule has 24 heavy (non-hydrogen) atoms. The Kier molecular flexibility index (Phi) is 4.39. The Morgan fingerprint density at radius 2 is 1.83 bits per heavy atom. The highest BCUT2D eigenvalue weighted by Gasteiger charge is 2.54. The number of rotatable bonds is 4. The van der Waals surface area contributed by atoms with Gasteiger partial charge in [-0.25, -0.2) is 0 Å². The fourth-order valence-corrected chi connectivity index (χ4v) is 4.09. The number of halogens is 1. The summed E-state index contributed by atoms with van der Waals surface area (Å²) in [6.45, 7) is 8.37. The number of hydrogen-bond donors (Lipinski definition) is 1. The second-order valence-electron chi connectivity index (χ2n) is 6.92. The number of phenols is 1. The highest BCUT2D eigenvalue weighted by Crippen LogP contribution is 2.61. The molecular formula is C21H21BrO2. The monoisotopic (exact) mass is 384 g/mol. The van der Waals surface area contributed by atoms with Gasteiger partial charge in [-0.2, -0.15) is 0 Å². The Balaban J connectivity index is 1.99. The van der Waals surface area contributed by atoms with Gasteiger partial charge in [0.25, 0.3) is 0 Å². The lowest BCUT2D eigenvalue weighted by Gasteiger charge is -2.54. The molecule has 0 bridgehead atoms. The number of para-hydroxylation sites is 1. The van der Waals surface area contributed by atoms with E-state index in [-0.39, 0.29) is 28.8 Å². The van der Waals surface area contributed by atoms with Crippen molar-refractivity contribution in [3.63, 3.8) is 0 Å². The van der Waals surface area contributed by atoms with Crippen LogP contribution in [0.4, 0.5) is 0 Å². The van der Waals surface area contributed by atoms with E-state index in [2.05, 4.69) is 41.6 Å². The summed E-state index contributed by atoms with van der Waals surface area (Å²) in [6, 6.07) is 14.9. The third-order valence-electron chi connectivity index (χ3n) is 5.44. The van der Waals surface area contributed by atoms with Crippen LogP contribution in [0.3, 0.4) is 0 Å². The summed E-state index contributed by atoms with van der Waals surface area (Å²) in [5.41, 5.74) is 2.55. The van der Waals surface area contributed by atoms with Gasteiger partial charge in [-0.15, -0.1) is 0 Å². The van der Waals surface area contributed by atoms with Gasteiger partial charge in [-0.1, -0.05) is 59.3 Å². The van der Waals surface area contributed by atoms with Gasteiger partial charge < -0.3 is 5.11 Å². The van der Waals surface area contributed by atoms with Gasteiger partial charge in [-0.3, -0.25) is 4.79 Å². The number of hydrogen-bond acceptors (Lipinski definition) is 2. The van der Waals surface area contributed by atoms with E-state index in [1.165, 1.54) is 0 Å². The van der Waals surface area contributed by atoms with Crippen molar-refractivity contribution in [3.8, 4) is 5.75 Å². The number of Topliss-reactive ketones (excluding diaryl/α,β-unsaturated/α-hetero) is 1. The Bertz CT molecular complexity index is 794. The van der Waals surface area contributed by atoms with Crippen LogP contribution in [0.2, 0.25) is 0 Å². The molecule has 1 aliphatic carbocycles. The van der Waals surface area contributed by atoms with Crippen molar-refractivity contribution < 1.29 is 9.90 Å². The summed E-state index contributed by atoms with van der Waals surface area (Å²) in [4.78, 5) is 13.0. The molecule has 0 unspecified atom stereocenters. The molecule has 0 radical (unpaired) electrons. The van der Waals surface area contributed by atoms with Crippen LogP contribution >= 0.6 is 15.9 Å². The molecule has 3 atom stereocenters. The molecular weight excluding hydrogens is 364 g/mol. The third kappa shape index (κ3) is 2.71. The largest absolute Gasteiger partial charge is 0.507 e. The van der Waals surface area contributed by atoms with Gasteiger partial charge >= 0.3 is 0 Å². The molecule has 0 amide bonds. The number of aromatic hydroxyl groups is 1. The van der Waals surface area contributed by atoms with Crippen LogP contribution in [0, 0.1) is 11.3 Å². The molecule has 3 heteroatoms. The first kappa shape index (κ1) is 17.0. The zero-order chi connectivity index (χ0) is 17.5. The van der Waals surface area contributed by atoms with Crippen LogP contribution in [-0.4, -0.2) is 10.9 Å². The van der Waals surface area contributed by atoms with Gasteiger partial charge in [0.15, 0.2) is 5.78 Å². The number of ketones is 1. The van der Waals surface area contributed by atoms with Crippen LogP contribution < -0.4 is 0 Å². The Labute approximate surface area is 151 Å². The van der Waals surface area contributed by atoms with Crippen molar-refractivity contribution in [1.29, 1.82) is 0 Å². The molecule has 2 aromatic rings. The van der Waals surface area contributed by atoms with Crippen LogP contribution in [0.1, 0.15) is 42.1 Å². The normalized spacial score (nSPS) is 25.8. The van der Waals surface area contributed by atoms with Gasteiger partial charge in [0.1, 0.15) is 5.75 Å². The number of benzene rings is 2. The van der Waals surface area contributed by atoms with E-state index >= 15 is 0 Å². The summed E-state index contributed by atoms with van der Waals surface area (Å²) < 4.78 is 1.02. The summed E-state index contributed by atoms with van der Waals surface area (Å²) in [7, 11) is 0. The molecule has 2 nitrogen and oxygen atoms in total. The molecule has 0 saturated heterocycles. The number of carbonyl (C=O) groups is 1. The molecule has 1 fully saturated rings.